The minimum absolute atomic E-state index is 0.0192. The first-order chi connectivity index (χ1) is 18.9. The van der Waals surface area contributed by atoms with Crippen LogP contribution in [-0.2, 0) is 16.4 Å². The number of alkyl halides is 3. The van der Waals surface area contributed by atoms with Gasteiger partial charge in [-0.25, -0.2) is 0 Å². The van der Waals surface area contributed by atoms with Gasteiger partial charge in [-0.05, 0) is 67.0 Å². The monoisotopic (exact) mass is 555 g/mol. The number of likely N-dealkylation sites (tertiary alicyclic amines) is 2. The summed E-state index contributed by atoms with van der Waals surface area (Å²) in [4.78, 5) is 17.1. The van der Waals surface area contributed by atoms with Crippen molar-refractivity contribution >= 4 is 17.3 Å². The standard InChI is InChI=1S/C31H40F3N5O/c1-30(2,3)23-5-8-24(9-6-23)36-25-10-15-38(16-11-25)17-14-29(40)39-18-12-26(13-19-39)37-27-7-4-22(21-35)28(20-27)31(32,33)34/h4-9,20,25-26,36-37H,10-19H2,1-3H3. The fourth-order valence-electron chi connectivity index (χ4n) is 5.49. The van der Waals surface area contributed by atoms with Crippen LogP contribution in [0.2, 0.25) is 0 Å². The van der Waals surface area contributed by atoms with Gasteiger partial charge in [0.1, 0.15) is 0 Å². The number of piperidine rings is 2. The Morgan fingerprint density at radius 3 is 2.00 bits per heavy atom. The van der Waals surface area contributed by atoms with E-state index in [-0.39, 0.29) is 22.9 Å². The van der Waals surface area contributed by atoms with E-state index in [1.54, 1.807) is 6.07 Å². The van der Waals surface area contributed by atoms with Crippen LogP contribution in [0.3, 0.4) is 0 Å². The first-order valence-corrected chi connectivity index (χ1v) is 14.2. The average molecular weight is 556 g/mol. The second-order valence-electron chi connectivity index (χ2n) is 12.0. The van der Waals surface area contributed by atoms with Crippen molar-refractivity contribution in [2.24, 2.45) is 0 Å². The maximum Gasteiger partial charge on any atom is 0.417 e. The normalized spacial score (nSPS) is 17.9. The molecule has 0 aliphatic carbocycles. The minimum Gasteiger partial charge on any atom is -0.382 e. The predicted molar refractivity (Wildman–Crippen MR) is 152 cm³/mol. The summed E-state index contributed by atoms with van der Waals surface area (Å²) in [6, 6.07) is 14.4. The summed E-state index contributed by atoms with van der Waals surface area (Å²) >= 11 is 0. The van der Waals surface area contributed by atoms with E-state index in [4.69, 9.17) is 5.26 Å². The number of benzene rings is 2. The van der Waals surface area contributed by atoms with Crippen molar-refractivity contribution in [1.82, 2.24) is 9.80 Å². The molecular weight excluding hydrogens is 515 g/mol. The van der Waals surface area contributed by atoms with Gasteiger partial charge in [0.15, 0.2) is 0 Å². The lowest BCUT2D eigenvalue weighted by atomic mass is 9.87. The van der Waals surface area contributed by atoms with Crippen LogP contribution in [0.1, 0.15) is 69.6 Å². The van der Waals surface area contributed by atoms with Crippen molar-refractivity contribution in [2.75, 3.05) is 43.4 Å². The SMILES string of the molecule is CC(C)(C)c1ccc(NC2CCN(CCC(=O)N3CCC(Nc4ccc(C#N)c(C(F)(F)F)c4)CC3)CC2)cc1. The van der Waals surface area contributed by atoms with Crippen molar-refractivity contribution in [1.29, 1.82) is 5.26 Å². The number of anilines is 2. The summed E-state index contributed by atoms with van der Waals surface area (Å²) in [6.45, 7) is 10.5. The lowest BCUT2D eigenvalue weighted by molar-refractivity contribution is -0.137. The zero-order chi connectivity index (χ0) is 28.9. The number of rotatable bonds is 7. The minimum atomic E-state index is -4.58. The van der Waals surface area contributed by atoms with Gasteiger partial charge < -0.3 is 20.4 Å². The lowest BCUT2D eigenvalue weighted by Crippen LogP contribution is -2.44. The highest BCUT2D eigenvalue weighted by Crippen LogP contribution is 2.34. The van der Waals surface area contributed by atoms with E-state index in [2.05, 4.69) is 60.6 Å². The Balaban J connectivity index is 1.16. The van der Waals surface area contributed by atoms with Crippen molar-refractivity contribution in [2.45, 2.75) is 76.6 Å². The van der Waals surface area contributed by atoms with Gasteiger partial charge in [0.05, 0.1) is 17.2 Å². The maximum absolute atomic E-state index is 13.3. The van der Waals surface area contributed by atoms with Crippen LogP contribution in [0.15, 0.2) is 42.5 Å². The van der Waals surface area contributed by atoms with E-state index < -0.39 is 11.7 Å². The van der Waals surface area contributed by atoms with Gasteiger partial charge >= 0.3 is 6.18 Å². The van der Waals surface area contributed by atoms with Gasteiger partial charge in [-0.1, -0.05) is 32.9 Å². The highest BCUT2D eigenvalue weighted by Gasteiger charge is 2.34. The zero-order valence-electron chi connectivity index (χ0n) is 23.7. The number of nitrogens with one attached hydrogen (secondary N) is 2. The smallest absolute Gasteiger partial charge is 0.382 e. The van der Waals surface area contributed by atoms with E-state index in [1.807, 2.05) is 4.90 Å². The van der Waals surface area contributed by atoms with E-state index in [0.717, 1.165) is 44.2 Å². The Morgan fingerprint density at radius 1 is 0.900 bits per heavy atom. The lowest BCUT2D eigenvalue weighted by Gasteiger charge is -2.35. The molecule has 0 spiro atoms. The molecule has 2 heterocycles. The predicted octanol–water partition coefficient (Wildman–Crippen LogP) is 6.24. The average Bonchev–Trinajstić information content (AvgIpc) is 2.92. The molecule has 2 aromatic carbocycles. The molecule has 2 saturated heterocycles. The number of hydrogen-bond acceptors (Lipinski definition) is 5. The fourth-order valence-corrected chi connectivity index (χ4v) is 5.49. The third kappa shape index (κ3) is 7.91. The number of carbonyl (C=O) groups is 1. The number of nitrogens with zero attached hydrogens (tertiary/aromatic N) is 3. The van der Waals surface area contributed by atoms with E-state index in [0.29, 0.717) is 44.1 Å². The summed E-state index contributed by atoms with van der Waals surface area (Å²) in [5.74, 6) is 0.135. The Labute approximate surface area is 235 Å². The van der Waals surface area contributed by atoms with Crippen LogP contribution >= 0.6 is 0 Å². The van der Waals surface area contributed by atoms with Crippen LogP contribution in [0.5, 0.6) is 0 Å². The van der Waals surface area contributed by atoms with Gasteiger partial charge in [0.2, 0.25) is 5.91 Å². The second-order valence-corrected chi connectivity index (χ2v) is 12.0. The molecule has 0 radical (unpaired) electrons. The molecule has 0 aromatic heterocycles. The van der Waals surface area contributed by atoms with E-state index >= 15 is 0 Å². The number of nitriles is 1. The van der Waals surface area contributed by atoms with Crippen molar-refractivity contribution < 1.29 is 18.0 Å². The molecule has 1 amide bonds. The van der Waals surface area contributed by atoms with Crippen LogP contribution in [0, 0.1) is 11.3 Å². The van der Waals surface area contributed by atoms with Gasteiger partial charge in [0.25, 0.3) is 0 Å². The molecular formula is C31H40F3N5O. The van der Waals surface area contributed by atoms with E-state index in [1.165, 1.54) is 17.7 Å². The molecule has 0 bridgehead atoms. The molecule has 2 N–H and O–H groups in total. The van der Waals surface area contributed by atoms with Gasteiger partial charge in [-0.15, -0.1) is 0 Å². The topological polar surface area (TPSA) is 71.4 Å². The highest BCUT2D eigenvalue weighted by molar-refractivity contribution is 5.76. The molecule has 40 heavy (non-hydrogen) atoms. The van der Waals surface area contributed by atoms with Gasteiger partial charge in [-0.2, -0.15) is 18.4 Å². The first-order valence-electron chi connectivity index (χ1n) is 14.2. The number of amides is 1. The summed E-state index contributed by atoms with van der Waals surface area (Å²) < 4.78 is 39.8. The van der Waals surface area contributed by atoms with E-state index in [9.17, 15) is 18.0 Å². The third-order valence-corrected chi connectivity index (χ3v) is 8.02. The molecule has 2 aromatic rings. The molecule has 2 aliphatic rings. The molecule has 4 rings (SSSR count). The summed E-state index contributed by atoms with van der Waals surface area (Å²) in [6.07, 6.45) is -0.686. The Morgan fingerprint density at radius 2 is 1.45 bits per heavy atom. The summed E-state index contributed by atoms with van der Waals surface area (Å²) in [5, 5.41) is 15.8. The molecule has 216 valence electrons. The molecule has 0 atom stereocenters. The summed E-state index contributed by atoms with van der Waals surface area (Å²) in [7, 11) is 0. The fraction of sp³-hybridized carbons (Fsp3) is 0.548. The number of hydrogen-bond donors (Lipinski definition) is 2. The Kier molecular flexibility index (Phi) is 9.29. The van der Waals surface area contributed by atoms with Crippen LogP contribution < -0.4 is 10.6 Å². The van der Waals surface area contributed by atoms with Crippen LogP contribution in [-0.4, -0.2) is 60.5 Å². The number of carbonyl (C=O) groups excluding carboxylic acids is 1. The summed E-state index contributed by atoms with van der Waals surface area (Å²) in [5.41, 5.74) is 1.65. The Bertz CT molecular complexity index is 1180. The van der Waals surface area contributed by atoms with Crippen LogP contribution in [0.25, 0.3) is 0 Å². The molecule has 2 aliphatic heterocycles. The van der Waals surface area contributed by atoms with Crippen molar-refractivity contribution in [3.8, 4) is 6.07 Å². The molecule has 0 saturated carbocycles. The third-order valence-electron chi connectivity index (χ3n) is 8.02. The molecule has 2 fully saturated rings. The largest absolute Gasteiger partial charge is 0.417 e. The van der Waals surface area contributed by atoms with Crippen molar-refractivity contribution in [3.05, 3.63) is 59.2 Å². The molecule has 6 nitrogen and oxygen atoms in total. The molecule has 0 unspecified atom stereocenters. The van der Waals surface area contributed by atoms with Crippen LogP contribution in [0.4, 0.5) is 24.5 Å². The van der Waals surface area contributed by atoms with Gasteiger partial charge in [-0.3, -0.25) is 4.79 Å². The quantitative estimate of drug-likeness (QED) is 0.423. The maximum atomic E-state index is 13.3. The zero-order valence-corrected chi connectivity index (χ0v) is 23.7. The number of halogens is 3. The molecule has 9 heteroatoms. The second kappa shape index (κ2) is 12.5. The Hall–Kier alpha value is -3.25. The highest BCUT2D eigenvalue weighted by atomic mass is 19.4. The van der Waals surface area contributed by atoms with Crippen molar-refractivity contribution in [3.63, 3.8) is 0 Å². The van der Waals surface area contributed by atoms with Gasteiger partial charge in [0, 0.05) is 62.6 Å². The first kappa shape index (κ1) is 29.7.